The van der Waals surface area contributed by atoms with E-state index in [-0.39, 0.29) is 17.6 Å². The van der Waals surface area contributed by atoms with Crippen LogP contribution in [0, 0.1) is 5.92 Å². The molecule has 1 aliphatic rings. The van der Waals surface area contributed by atoms with Crippen LogP contribution < -0.4 is 21.6 Å². The SMILES string of the molecule is CC(C)CNc1ncc(C(=O)NC2CC2)c(=O)n1NC(=O)c1ccc(Br)cc1. The minimum atomic E-state index is -0.634. The molecule has 8 nitrogen and oxygen atoms in total. The van der Waals surface area contributed by atoms with Gasteiger partial charge in [0.2, 0.25) is 5.95 Å². The number of rotatable bonds is 7. The fourth-order valence-corrected chi connectivity index (χ4v) is 2.66. The summed E-state index contributed by atoms with van der Waals surface area (Å²) in [5.74, 6) is -0.497. The van der Waals surface area contributed by atoms with Gasteiger partial charge in [-0.1, -0.05) is 29.8 Å². The fourth-order valence-electron chi connectivity index (χ4n) is 2.39. The van der Waals surface area contributed by atoms with Gasteiger partial charge in [0.05, 0.1) is 0 Å². The Bertz CT molecular complexity index is 936. The van der Waals surface area contributed by atoms with Crippen molar-refractivity contribution in [3.05, 3.63) is 56.4 Å². The van der Waals surface area contributed by atoms with Crippen molar-refractivity contribution in [3.8, 4) is 0 Å². The van der Waals surface area contributed by atoms with E-state index in [2.05, 4.69) is 37.0 Å². The molecule has 2 amide bonds. The first-order valence-corrected chi connectivity index (χ1v) is 9.88. The predicted molar refractivity (Wildman–Crippen MR) is 110 cm³/mol. The summed E-state index contributed by atoms with van der Waals surface area (Å²) in [4.78, 5) is 42.0. The summed E-state index contributed by atoms with van der Waals surface area (Å²) in [6.45, 7) is 4.56. The summed E-state index contributed by atoms with van der Waals surface area (Å²) >= 11 is 3.32. The van der Waals surface area contributed by atoms with Crippen LogP contribution in [0.4, 0.5) is 5.95 Å². The van der Waals surface area contributed by atoms with Crippen molar-refractivity contribution in [1.29, 1.82) is 0 Å². The lowest BCUT2D eigenvalue weighted by molar-refractivity contribution is 0.0945. The number of benzene rings is 1. The molecule has 1 aliphatic carbocycles. The molecule has 0 aliphatic heterocycles. The van der Waals surface area contributed by atoms with Crippen molar-refractivity contribution in [3.63, 3.8) is 0 Å². The highest BCUT2D eigenvalue weighted by atomic mass is 79.9. The van der Waals surface area contributed by atoms with Gasteiger partial charge in [-0.15, -0.1) is 0 Å². The number of aromatic nitrogens is 2. The lowest BCUT2D eigenvalue weighted by Crippen LogP contribution is -2.41. The van der Waals surface area contributed by atoms with Crippen molar-refractivity contribution in [2.75, 3.05) is 17.3 Å². The van der Waals surface area contributed by atoms with Gasteiger partial charge in [-0.05, 0) is 43.0 Å². The minimum Gasteiger partial charge on any atom is -0.354 e. The minimum absolute atomic E-state index is 0.108. The molecule has 2 aromatic rings. The zero-order valence-corrected chi connectivity index (χ0v) is 17.2. The van der Waals surface area contributed by atoms with Gasteiger partial charge in [0.15, 0.2) is 0 Å². The molecule has 0 radical (unpaired) electrons. The van der Waals surface area contributed by atoms with Gasteiger partial charge < -0.3 is 10.6 Å². The molecule has 9 heteroatoms. The number of carbonyl (C=O) groups excluding carboxylic acids is 2. The van der Waals surface area contributed by atoms with Crippen LogP contribution in [0.25, 0.3) is 0 Å². The van der Waals surface area contributed by atoms with Gasteiger partial charge in [0, 0.05) is 28.8 Å². The third-order valence-corrected chi connectivity index (χ3v) is 4.64. The Hall–Kier alpha value is -2.68. The van der Waals surface area contributed by atoms with Gasteiger partial charge in [0.25, 0.3) is 17.4 Å². The zero-order chi connectivity index (χ0) is 20.3. The second kappa shape index (κ2) is 8.55. The van der Waals surface area contributed by atoms with Crippen molar-refractivity contribution >= 4 is 33.7 Å². The molecule has 1 aromatic carbocycles. The topological polar surface area (TPSA) is 105 Å². The van der Waals surface area contributed by atoms with Crippen molar-refractivity contribution < 1.29 is 9.59 Å². The van der Waals surface area contributed by atoms with Gasteiger partial charge >= 0.3 is 0 Å². The normalized spacial score (nSPS) is 13.3. The summed E-state index contributed by atoms with van der Waals surface area (Å²) in [5, 5.41) is 5.81. The van der Waals surface area contributed by atoms with Crippen LogP contribution in [0.15, 0.2) is 39.7 Å². The van der Waals surface area contributed by atoms with E-state index in [4.69, 9.17) is 0 Å². The molecular weight excluding hydrogens is 426 g/mol. The Labute approximate surface area is 170 Å². The average Bonchev–Trinajstić information content (AvgIpc) is 3.46. The maximum atomic E-state index is 12.9. The lowest BCUT2D eigenvalue weighted by atomic mass is 10.2. The summed E-state index contributed by atoms with van der Waals surface area (Å²) < 4.78 is 1.83. The molecule has 0 atom stereocenters. The number of carbonyl (C=O) groups is 2. The van der Waals surface area contributed by atoms with E-state index < -0.39 is 17.4 Å². The number of hydrogen-bond donors (Lipinski definition) is 3. The van der Waals surface area contributed by atoms with Crippen LogP contribution in [0.2, 0.25) is 0 Å². The zero-order valence-electron chi connectivity index (χ0n) is 15.7. The molecule has 0 saturated heterocycles. The third-order valence-electron chi connectivity index (χ3n) is 4.11. The quantitative estimate of drug-likeness (QED) is 0.603. The van der Waals surface area contributed by atoms with Crippen molar-refractivity contribution in [2.24, 2.45) is 5.92 Å². The number of amides is 2. The smallest absolute Gasteiger partial charge is 0.286 e. The van der Waals surface area contributed by atoms with E-state index in [1.165, 1.54) is 6.20 Å². The highest BCUT2D eigenvalue weighted by Gasteiger charge is 2.26. The molecule has 3 rings (SSSR count). The maximum Gasteiger partial charge on any atom is 0.286 e. The van der Waals surface area contributed by atoms with E-state index in [0.717, 1.165) is 22.0 Å². The molecular formula is C19H22BrN5O3. The first-order valence-electron chi connectivity index (χ1n) is 9.09. The standard InChI is InChI=1S/C19H22BrN5O3/c1-11(2)9-21-19-22-10-15(17(27)23-14-7-8-14)18(28)25(19)24-16(26)12-3-5-13(20)6-4-12/h3-6,10-11,14H,7-9H2,1-2H3,(H,21,22)(H,23,27)(H,24,26). The van der Waals surface area contributed by atoms with Gasteiger partial charge in [-0.3, -0.25) is 19.8 Å². The van der Waals surface area contributed by atoms with Gasteiger partial charge in [-0.2, -0.15) is 4.68 Å². The highest BCUT2D eigenvalue weighted by Crippen LogP contribution is 2.19. The van der Waals surface area contributed by atoms with Crippen LogP contribution >= 0.6 is 15.9 Å². The van der Waals surface area contributed by atoms with E-state index >= 15 is 0 Å². The molecule has 1 saturated carbocycles. The molecule has 0 bridgehead atoms. The second-order valence-corrected chi connectivity index (χ2v) is 8.02. The Morgan fingerprint density at radius 2 is 1.89 bits per heavy atom. The third kappa shape index (κ3) is 4.98. The molecule has 1 heterocycles. The first-order chi connectivity index (χ1) is 13.3. The molecule has 3 N–H and O–H groups in total. The van der Waals surface area contributed by atoms with Crippen LogP contribution in [-0.2, 0) is 0 Å². The molecule has 148 valence electrons. The monoisotopic (exact) mass is 447 g/mol. The summed E-state index contributed by atoms with van der Waals surface area (Å²) in [5.41, 5.74) is 2.17. The molecule has 1 aromatic heterocycles. The Morgan fingerprint density at radius 1 is 1.21 bits per heavy atom. The lowest BCUT2D eigenvalue weighted by Gasteiger charge is -2.16. The second-order valence-electron chi connectivity index (χ2n) is 7.11. The van der Waals surface area contributed by atoms with Gasteiger partial charge in [0.1, 0.15) is 5.56 Å². The Morgan fingerprint density at radius 3 is 2.50 bits per heavy atom. The number of anilines is 1. The summed E-state index contributed by atoms with van der Waals surface area (Å²) in [7, 11) is 0. The molecule has 0 unspecified atom stereocenters. The average molecular weight is 448 g/mol. The molecule has 28 heavy (non-hydrogen) atoms. The van der Waals surface area contributed by atoms with E-state index in [0.29, 0.717) is 18.0 Å². The van der Waals surface area contributed by atoms with Crippen LogP contribution in [0.3, 0.4) is 0 Å². The largest absolute Gasteiger partial charge is 0.354 e. The highest BCUT2D eigenvalue weighted by molar-refractivity contribution is 9.10. The van der Waals surface area contributed by atoms with Crippen LogP contribution in [0.1, 0.15) is 47.4 Å². The number of halogens is 1. The van der Waals surface area contributed by atoms with E-state index in [1.54, 1.807) is 24.3 Å². The Balaban J connectivity index is 1.91. The van der Waals surface area contributed by atoms with Crippen molar-refractivity contribution in [1.82, 2.24) is 15.0 Å². The number of hydrogen-bond acceptors (Lipinski definition) is 5. The Kier molecular flexibility index (Phi) is 6.13. The first kappa shape index (κ1) is 20.1. The van der Waals surface area contributed by atoms with E-state index in [1.807, 2.05) is 13.8 Å². The number of nitrogens with one attached hydrogen (secondary N) is 3. The van der Waals surface area contributed by atoms with E-state index in [9.17, 15) is 14.4 Å². The summed E-state index contributed by atoms with van der Waals surface area (Å²) in [6.07, 6.45) is 3.05. The fraction of sp³-hybridized carbons (Fsp3) is 0.368. The van der Waals surface area contributed by atoms with Gasteiger partial charge in [-0.25, -0.2) is 4.98 Å². The van der Waals surface area contributed by atoms with Crippen LogP contribution in [-0.4, -0.2) is 34.1 Å². The molecule has 1 fully saturated rings. The van der Waals surface area contributed by atoms with Crippen LogP contribution in [0.5, 0.6) is 0 Å². The molecule has 0 spiro atoms. The predicted octanol–water partition coefficient (Wildman–Crippen LogP) is 2.35. The van der Waals surface area contributed by atoms with Crippen molar-refractivity contribution in [2.45, 2.75) is 32.7 Å². The number of nitrogens with zero attached hydrogens (tertiary/aromatic N) is 2. The summed E-state index contributed by atoms with van der Waals surface area (Å²) in [6, 6.07) is 6.82. The maximum absolute atomic E-state index is 12.9.